The molecule has 3 nitrogen and oxygen atoms in total. The summed E-state index contributed by atoms with van der Waals surface area (Å²) >= 11 is 0. The number of ether oxygens (including phenoxy) is 1. The third-order valence-electron chi connectivity index (χ3n) is 2.64. The molecular weight excluding hydrogens is 228 g/mol. The van der Waals surface area contributed by atoms with Gasteiger partial charge in [0.05, 0.1) is 0 Å². The highest BCUT2D eigenvalue weighted by Gasteiger charge is 2.02. The minimum absolute atomic E-state index is 0.152. The number of aryl methyl sites for hydroxylation is 1. The van der Waals surface area contributed by atoms with Gasteiger partial charge in [-0.3, -0.25) is 0 Å². The SMILES string of the molecule is CCCc1ccc(Oc2ccc(O)c(O)c2)cc1. The van der Waals surface area contributed by atoms with Crippen molar-refractivity contribution in [2.75, 3.05) is 0 Å². The largest absolute Gasteiger partial charge is 0.504 e. The van der Waals surface area contributed by atoms with E-state index in [1.54, 1.807) is 6.07 Å². The maximum atomic E-state index is 9.36. The van der Waals surface area contributed by atoms with E-state index >= 15 is 0 Å². The van der Waals surface area contributed by atoms with E-state index in [4.69, 9.17) is 4.74 Å². The van der Waals surface area contributed by atoms with Crippen LogP contribution in [0.4, 0.5) is 0 Å². The molecule has 2 N–H and O–H groups in total. The first-order valence-electron chi connectivity index (χ1n) is 5.98. The van der Waals surface area contributed by atoms with Crippen molar-refractivity contribution in [3.05, 3.63) is 48.0 Å². The molecule has 0 fully saturated rings. The molecule has 0 heterocycles. The lowest BCUT2D eigenvalue weighted by Crippen LogP contribution is -1.86. The van der Waals surface area contributed by atoms with E-state index < -0.39 is 0 Å². The van der Waals surface area contributed by atoms with Crippen molar-refractivity contribution >= 4 is 0 Å². The second-order valence-electron chi connectivity index (χ2n) is 4.15. The van der Waals surface area contributed by atoms with Gasteiger partial charge in [0.2, 0.25) is 0 Å². The van der Waals surface area contributed by atoms with E-state index in [2.05, 4.69) is 6.92 Å². The lowest BCUT2D eigenvalue weighted by Gasteiger charge is -2.07. The summed E-state index contributed by atoms with van der Waals surface area (Å²) in [5, 5.41) is 18.6. The highest BCUT2D eigenvalue weighted by Crippen LogP contribution is 2.31. The second kappa shape index (κ2) is 5.45. The van der Waals surface area contributed by atoms with Crippen LogP contribution in [0.25, 0.3) is 0 Å². The normalized spacial score (nSPS) is 10.3. The number of phenolic OH excluding ortho intramolecular Hbond substituents is 2. The van der Waals surface area contributed by atoms with Gasteiger partial charge in [-0.05, 0) is 36.2 Å². The van der Waals surface area contributed by atoms with E-state index in [1.165, 1.54) is 17.7 Å². The predicted octanol–water partition coefficient (Wildman–Crippen LogP) is 3.84. The lowest BCUT2D eigenvalue weighted by atomic mass is 10.1. The van der Waals surface area contributed by atoms with Gasteiger partial charge in [-0.25, -0.2) is 0 Å². The Bertz CT molecular complexity index is 518. The highest BCUT2D eigenvalue weighted by atomic mass is 16.5. The fourth-order valence-corrected chi connectivity index (χ4v) is 1.72. The molecule has 2 aromatic carbocycles. The average molecular weight is 244 g/mol. The quantitative estimate of drug-likeness (QED) is 0.803. The molecule has 94 valence electrons. The number of hydrogen-bond acceptors (Lipinski definition) is 3. The summed E-state index contributed by atoms with van der Waals surface area (Å²) in [6.45, 7) is 2.14. The molecule has 0 amide bonds. The van der Waals surface area contributed by atoms with Crippen molar-refractivity contribution in [3.63, 3.8) is 0 Å². The molecule has 0 aliphatic rings. The van der Waals surface area contributed by atoms with Crippen LogP contribution >= 0.6 is 0 Å². The van der Waals surface area contributed by atoms with Crippen molar-refractivity contribution in [1.29, 1.82) is 0 Å². The molecule has 0 unspecified atom stereocenters. The smallest absolute Gasteiger partial charge is 0.161 e. The number of benzene rings is 2. The summed E-state index contributed by atoms with van der Waals surface area (Å²) in [6, 6.07) is 12.2. The van der Waals surface area contributed by atoms with E-state index in [-0.39, 0.29) is 11.5 Å². The van der Waals surface area contributed by atoms with Crippen LogP contribution in [0.1, 0.15) is 18.9 Å². The second-order valence-corrected chi connectivity index (χ2v) is 4.15. The monoisotopic (exact) mass is 244 g/mol. The summed E-state index contributed by atoms with van der Waals surface area (Å²) in [5.41, 5.74) is 1.28. The predicted molar refractivity (Wildman–Crippen MR) is 70.3 cm³/mol. The molecule has 3 heteroatoms. The number of aromatic hydroxyl groups is 2. The fraction of sp³-hybridized carbons (Fsp3) is 0.200. The van der Waals surface area contributed by atoms with Crippen molar-refractivity contribution in [2.45, 2.75) is 19.8 Å². The van der Waals surface area contributed by atoms with Crippen LogP contribution in [-0.2, 0) is 6.42 Å². The van der Waals surface area contributed by atoms with Crippen LogP contribution in [-0.4, -0.2) is 10.2 Å². The summed E-state index contributed by atoms with van der Waals surface area (Å²) in [5.74, 6) is 0.865. The number of phenols is 2. The molecule has 2 rings (SSSR count). The molecule has 0 radical (unpaired) electrons. The van der Waals surface area contributed by atoms with Gasteiger partial charge in [-0.1, -0.05) is 25.5 Å². The molecule has 18 heavy (non-hydrogen) atoms. The first kappa shape index (κ1) is 12.3. The molecule has 0 aliphatic heterocycles. The van der Waals surface area contributed by atoms with Gasteiger partial charge < -0.3 is 14.9 Å². The van der Waals surface area contributed by atoms with Crippen LogP contribution < -0.4 is 4.74 Å². The minimum Gasteiger partial charge on any atom is -0.504 e. The van der Waals surface area contributed by atoms with Crippen molar-refractivity contribution < 1.29 is 14.9 Å². The first-order valence-corrected chi connectivity index (χ1v) is 5.98. The third-order valence-corrected chi connectivity index (χ3v) is 2.64. The number of rotatable bonds is 4. The molecule has 0 aromatic heterocycles. The van der Waals surface area contributed by atoms with Gasteiger partial charge in [0, 0.05) is 6.07 Å². The van der Waals surface area contributed by atoms with Gasteiger partial charge in [0.15, 0.2) is 11.5 Å². The Kier molecular flexibility index (Phi) is 3.72. The van der Waals surface area contributed by atoms with E-state index in [1.807, 2.05) is 24.3 Å². The highest BCUT2D eigenvalue weighted by molar-refractivity contribution is 5.45. The standard InChI is InChI=1S/C15H16O3/c1-2-3-11-4-6-12(7-5-11)18-13-8-9-14(16)15(17)10-13/h4-10,16-17H,2-3H2,1H3. The van der Waals surface area contributed by atoms with Gasteiger partial charge in [0.1, 0.15) is 11.5 Å². The number of hydrogen-bond donors (Lipinski definition) is 2. The summed E-state index contributed by atoms with van der Waals surface area (Å²) in [4.78, 5) is 0. The topological polar surface area (TPSA) is 49.7 Å². The zero-order chi connectivity index (χ0) is 13.0. The zero-order valence-corrected chi connectivity index (χ0v) is 10.3. The molecule has 0 saturated carbocycles. The molecule has 0 bridgehead atoms. The van der Waals surface area contributed by atoms with Gasteiger partial charge >= 0.3 is 0 Å². The fourth-order valence-electron chi connectivity index (χ4n) is 1.72. The molecular formula is C15H16O3. The van der Waals surface area contributed by atoms with Crippen LogP contribution in [0.5, 0.6) is 23.0 Å². The van der Waals surface area contributed by atoms with Crippen molar-refractivity contribution in [1.82, 2.24) is 0 Å². The molecule has 0 spiro atoms. The Balaban J connectivity index is 2.10. The molecule has 0 aliphatic carbocycles. The van der Waals surface area contributed by atoms with Gasteiger partial charge in [-0.2, -0.15) is 0 Å². The Hall–Kier alpha value is -2.16. The van der Waals surface area contributed by atoms with Crippen LogP contribution in [0.3, 0.4) is 0 Å². The minimum atomic E-state index is -0.185. The Morgan fingerprint density at radius 1 is 0.889 bits per heavy atom. The van der Waals surface area contributed by atoms with Crippen molar-refractivity contribution in [2.24, 2.45) is 0 Å². The van der Waals surface area contributed by atoms with Crippen LogP contribution in [0.2, 0.25) is 0 Å². The summed E-state index contributed by atoms with van der Waals surface area (Å²) in [6.07, 6.45) is 2.17. The Labute approximate surface area is 106 Å². The maximum absolute atomic E-state index is 9.36. The first-order chi connectivity index (χ1) is 8.69. The average Bonchev–Trinajstić information content (AvgIpc) is 2.37. The van der Waals surface area contributed by atoms with E-state index in [0.29, 0.717) is 11.5 Å². The molecule has 2 aromatic rings. The van der Waals surface area contributed by atoms with Crippen LogP contribution in [0.15, 0.2) is 42.5 Å². The third kappa shape index (κ3) is 2.94. The van der Waals surface area contributed by atoms with Crippen LogP contribution in [0, 0.1) is 0 Å². The Morgan fingerprint density at radius 3 is 2.17 bits per heavy atom. The van der Waals surface area contributed by atoms with Crippen molar-refractivity contribution in [3.8, 4) is 23.0 Å². The zero-order valence-electron chi connectivity index (χ0n) is 10.3. The molecule has 0 atom stereocenters. The van der Waals surface area contributed by atoms with E-state index in [0.717, 1.165) is 12.8 Å². The van der Waals surface area contributed by atoms with Gasteiger partial charge in [-0.15, -0.1) is 0 Å². The van der Waals surface area contributed by atoms with E-state index in [9.17, 15) is 10.2 Å². The molecule has 0 saturated heterocycles. The summed E-state index contributed by atoms with van der Waals surface area (Å²) in [7, 11) is 0. The Morgan fingerprint density at radius 2 is 1.56 bits per heavy atom. The lowest BCUT2D eigenvalue weighted by molar-refractivity contribution is 0.398. The maximum Gasteiger partial charge on any atom is 0.161 e. The van der Waals surface area contributed by atoms with Gasteiger partial charge in [0.25, 0.3) is 0 Å². The summed E-state index contributed by atoms with van der Waals surface area (Å²) < 4.78 is 5.58.